The zero-order valence-electron chi connectivity index (χ0n) is 10.5. The second-order valence-electron chi connectivity index (χ2n) is 4.23. The summed E-state index contributed by atoms with van der Waals surface area (Å²) in [7, 11) is -3.89. The molecule has 0 saturated heterocycles. The lowest BCUT2D eigenvalue weighted by atomic mass is 10.1. The highest BCUT2D eigenvalue weighted by molar-refractivity contribution is 7.89. The summed E-state index contributed by atoms with van der Waals surface area (Å²) in [6.45, 7) is 5.09. The molecule has 0 amide bonds. The fourth-order valence-corrected chi connectivity index (χ4v) is 2.64. The molecule has 8 heteroatoms. The summed E-state index contributed by atoms with van der Waals surface area (Å²) in [5.41, 5.74) is 0. The maximum absolute atomic E-state index is 11.9. The van der Waals surface area contributed by atoms with Gasteiger partial charge in [-0.25, -0.2) is 13.4 Å². The minimum Gasteiger partial charge on any atom is -0.480 e. The van der Waals surface area contributed by atoms with Crippen LogP contribution in [0.3, 0.4) is 0 Å². The molecule has 7 nitrogen and oxygen atoms in total. The number of sulfonamides is 1. The number of aromatic nitrogens is 2. The molecular formula is C10H17N3O4S. The fraction of sp³-hybridized carbons (Fsp3) is 0.600. The molecule has 1 atom stereocenters. The number of hydrogen-bond donors (Lipinski definition) is 3. The highest BCUT2D eigenvalue weighted by Crippen LogP contribution is 2.10. The summed E-state index contributed by atoms with van der Waals surface area (Å²) in [4.78, 5) is 17.5. The Morgan fingerprint density at radius 2 is 2.17 bits per heavy atom. The first-order valence-electron chi connectivity index (χ1n) is 5.57. The van der Waals surface area contributed by atoms with Gasteiger partial charge in [-0.3, -0.25) is 4.79 Å². The molecule has 0 aliphatic heterocycles. The van der Waals surface area contributed by atoms with Gasteiger partial charge in [-0.2, -0.15) is 4.72 Å². The van der Waals surface area contributed by atoms with Crippen LogP contribution in [0.5, 0.6) is 0 Å². The van der Waals surface area contributed by atoms with Crippen molar-refractivity contribution in [3.63, 3.8) is 0 Å². The zero-order chi connectivity index (χ0) is 13.9. The summed E-state index contributed by atoms with van der Waals surface area (Å²) >= 11 is 0. The number of rotatable bonds is 6. The number of aromatic amines is 1. The van der Waals surface area contributed by atoms with Crippen molar-refractivity contribution in [1.82, 2.24) is 14.7 Å². The fourth-order valence-electron chi connectivity index (χ4n) is 1.36. The van der Waals surface area contributed by atoms with Gasteiger partial charge in [-0.1, -0.05) is 20.8 Å². The van der Waals surface area contributed by atoms with Crippen LogP contribution in [0.1, 0.15) is 26.6 Å². The number of carbonyl (C=O) groups is 1. The van der Waals surface area contributed by atoms with Crippen LogP contribution in [-0.4, -0.2) is 35.5 Å². The van der Waals surface area contributed by atoms with E-state index in [0.717, 1.165) is 0 Å². The Morgan fingerprint density at radius 3 is 2.56 bits per heavy atom. The van der Waals surface area contributed by atoms with Crippen molar-refractivity contribution >= 4 is 16.0 Å². The zero-order valence-corrected chi connectivity index (χ0v) is 11.3. The van der Waals surface area contributed by atoms with Crippen LogP contribution in [-0.2, 0) is 21.2 Å². The molecule has 3 N–H and O–H groups in total. The predicted molar refractivity (Wildman–Crippen MR) is 64.5 cm³/mol. The second-order valence-corrected chi connectivity index (χ2v) is 5.91. The summed E-state index contributed by atoms with van der Waals surface area (Å²) in [5.74, 6) is -1.03. The standard InChI is InChI=1S/C10H17N3O4S/c1-4-7-11-5-8(12-7)18(16,17)13-9(6(2)3)10(14)15/h5-6,9,13H,4H2,1-3H3,(H,11,12)(H,14,15)/t9-/m1/s1. The van der Waals surface area contributed by atoms with Crippen molar-refractivity contribution in [1.29, 1.82) is 0 Å². The van der Waals surface area contributed by atoms with E-state index in [-0.39, 0.29) is 10.9 Å². The van der Waals surface area contributed by atoms with E-state index in [0.29, 0.717) is 12.2 Å². The molecule has 0 fully saturated rings. The Labute approximate surface area is 106 Å². The maximum atomic E-state index is 11.9. The van der Waals surface area contributed by atoms with E-state index in [1.54, 1.807) is 13.8 Å². The lowest BCUT2D eigenvalue weighted by molar-refractivity contribution is -0.140. The molecule has 1 heterocycles. The number of hydrogen-bond acceptors (Lipinski definition) is 4. The topological polar surface area (TPSA) is 112 Å². The maximum Gasteiger partial charge on any atom is 0.322 e. The van der Waals surface area contributed by atoms with Gasteiger partial charge in [0, 0.05) is 6.42 Å². The lowest BCUT2D eigenvalue weighted by Crippen LogP contribution is -2.44. The van der Waals surface area contributed by atoms with Crippen molar-refractivity contribution < 1.29 is 18.3 Å². The van der Waals surface area contributed by atoms with E-state index >= 15 is 0 Å². The number of aryl methyl sites for hydroxylation is 1. The molecule has 0 unspecified atom stereocenters. The van der Waals surface area contributed by atoms with E-state index < -0.39 is 22.0 Å². The van der Waals surface area contributed by atoms with Gasteiger partial charge in [0.05, 0.1) is 6.20 Å². The molecule has 0 bridgehead atoms. The molecule has 18 heavy (non-hydrogen) atoms. The van der Waals surface area contributed by atoms with Crippen molar-refractivity contribution in [2.24, 2.45) is 5.92 Å². The third-order valence-corrected chi connectivity index (χ3v) is 3.80. The molecule has 0 saturated carbocycles. The van der Waals surface area contributed by atoms with Crippen LogP contribution in [0.4, 0.5) is 0 Å². The Bertz CT molecular complexity index is 521. The molecule has 0 radical (unpaired) electrons. The van der Waals surface area contributed by atoms with Crippen LogP contribution < -0.4 is 4.72 Å². The lowest BCUT2D eigenvalue weighted by Gasteiger charge is -2.17. The summed E-state index contributed by atoms with van der Waals surface area (Å²) in [6, 6.07) is -1.16. The second kappa shape index (κ2) is 5.49. The first-order chi connectivity index (χ1) is 8.27. The van der Waals surface area contributed by atoms with Gasteiger partial charge < -0.3 is 10.1 Å². The molecule has 0 aromatic carbocycles. The molecule has 0 aliphatic rings. The van der Waals surface area contributed by atoms with E-state index in [9.17, 15) is 13.2 Å². The average Bonchev–Trinajstić information content (AvgIpc) is 2.74. The van der Waals surface area contributed by atoms with Gasteiger partial charge in [0.25, 0.3) is 10.0 Å². The van der Waals surface area contributed by atoms with Gasteiger partial charge in [0.1, 0.15) is 11.9 Å². The SMILES string of the molecule is CCc1ncc(S(=O)(=O)N[C@@H](C(=O)O)C(C)C)[nH]1. The Kier molecular flexibility index (Phi) is 4.47. The first kappa shape index (κ1) is 14.7. The quantitative estimate of drug-likeness (QED) is 0.694. The van der Waals surface area contributed by atoms with Crippen molar-refractivity contribution in [3.05, 3.63) is 12.0 Å². The number of nitrogens with one attached hydrogen (secondary N) is 2. The number of H-pyrrole nitrogens is 1. The Hall–Kier alpha value is -1.41. The molecule has 0 aliphatic carbocycles. The molecule has 1 aromatic rings. The number of nitrogens with zero attached hydrogens (tertiary/aromatic N) is 1. The van der Waals surface area contributed by atoms with Crippen LogP contribution in [0.15, 0.2) is 11.2 Å². The highest BCUT2D eigenvalue weighted by Gasteiger charge is 2.28. The average molecular weight is 275 g/mol. The first-order valence-corrected chi connectivity index (χ1v) is 7.05. The van der Waals surface area contributed by atoms with E-state index in [1.165, 1.54) is 6.20 Å². The monoisotopic (exact) mass is 275 g/mol. The highest BCUT2D eigenvalue weighted by atomic mass is 32.2. The normalized spacial score (nSPS) is 13.8. The molecule has 102 valence electrons. The van der Waals surface area contributed by atoms with Crippen molar-refractivity contribution in [2.45, 2.75) is 38.3 Å². The number of carboxylic acids is 1. The van der Waals surface area contributed by atoms with Gasteiger partial charge >= 0.3 is 5.97 Å². The molecular weight excluding hydrogens is 258 g/mol. The van der Waals surface area contributed by atoms with Crippen LogP contribution in [0, 0.1) is 5.92 Å². The van der Waals surface area contributed by atoms with Crippen LogP contribution in [0.25, 0.3) is 0 Å². The van der Waals surface area contributed by atoms with Crippen LogP contribution in [0.2, 0.25) is 0 Å². The minimum absolute atomic E-state index is 0.119. The number of carboxylic acid groups (broad SMARTS) is 1. The van der Waals surface area contributed by atoms with E-state index in [4.69, 9.17) is 5.11 Å². The predicted octanol–water partition coefficient (Wildman–Crippen LogP) is 0.360. The number of imidazole rings is 1. The van der Waals surface area contributed by atoms with Gasteiger partial charge in [-0.15, -0.1) is 0 Å². The molecule has 1 aromatic heterocycles. The smallest absolute Gasteiger partial charge is 0.322 e. The summed E-state index contributed by atoms with van der Waals surface area (Å²) in [5, 5.41) is 8.83. The molecule has 0 spiro atoms. The van der Waals surface area contributed by atoms with E-state index in [1.807, 2.05) is 6.92 Å². The summed E-state index contributed by atoms with van der Waals surface area (Å²) in [6.07, 6.45) is 1.75. The third kappa shape index (κ3) is 3.30. The van der Waals surface area contributed by atoms with Crippen LogP contribution >= 0.6 is 0 Å². The largest absolute Gasteiger partial charge is 0.480 e. The number of aliphatic carboxylic acids is 1. The van der Waals surface area contributed by atoms with Gasteiger partial charge in [0.2, 0.25) is 0 Å². The van der Waals surface area contributed by atoms with Crippen molar-refractivity contribution in [2.75, 3.05) is 0 Å². The third-order valence-electron chi connectivity index (χ3n) is 2.44. The minimum atomic E-state index is -3.89. The van der Waals surface area contributed by atoms with Gasteiger partial charge in [0.15, 0.2) is 5.03 Å². The molecule has 1 rings (SSSR count). The Morgan fingerprint density at radius 1 is 1.56 bits per heavy atom. The summed E-state index contributed by atoms with van der Waals surface area (Å²) < 4.78 is 26.0. The Balaban J connectivity index is 2.96. The van der Waals surface area contributed by atoms with Crippen molar-refractivity contribution in [3.8, 4) is 0 Å². The van der Waals surface area contributed by atoms with E-state index in [2.05, 4.69) is 14.7 Å². The van der Waals surface area contributed by atoms with Gasteiger partial charge in [-0.05, 0) is 5.92 Å².